The molecule has 0 radical (unpaired) electrons. The molecule has 0 aliphatic carbocycles. The summed E-state index contributed by atoms with van der Waals surface area (Å²) in [7, 11) is 0. The zero-order valence-corrected chi connectivity index (χ0v) is 10.2. The topological polar surface area (TPSA) is 15.3 Å². The van der Waals surface area contributed by atoms with Gasteiger partial charge in [0.15, 0.2) is 0 Å². The van der Waals surface area contributed by atoms with Crippen LogP contribution in [0.25, 0.3) is 0 Å². The van der Waals surface area contributed by atoms with Crippen molar-refractivity contribution in [3.05, 3.63) is 0 Å². The van der Waals surface area contributed by atoms with Crippen molar-refractivity contribution in [2.45, 2.75) is 52.6 Å². The Kier molecular flexibility index (Phi) is 4.90. The Morgan fingerprint density at radius 1 is 1.14 bits per heavy atom. The molecule has 1 N–H and O–H groups in total. The van der Waals surface area contributed by atoms with Crippen LogP contribution in [0.4, 0.5) is 0 Å². The molecule has 2 heteroatoms. The van der Waals surface area contributed by atoms with Crippen LogP contribution in [0.5, 0.6) is 0 Å². The molecule has 1 saturated heterocycles. The lowest BCUT2D eigenvalue weighted by molar-refractivity contribution is 0.0940. The summed E-state index contributed by atoms with van der Waals surface area (Å²) in [6.07, 6.45) is 2.64. The average molecular weight is 198 g/mol. The lowest BCUT2D eigenvalue weighted by Gasteiger charge is -2.41. The van der Waals surface area contributed by atoms with Gasteiger partial charge in [-0.05, 0) is 19.8 Å². The van der Waals surface area contributed by atoms with Crippen LogP contribution in [0.2, 0.25) is 0 Å². The van der Waals surface area contributed by atoms with E-state index in [1.807, 2.05) is 0 Å². The zero-order valence-electron chi connectivity index (χ0n) is 10.2. The van der Waals surface area contributed by atoms with Crippen LogP contribution >= 0.6 is 0 Å². The summed E-state index contributed by atoms with van der Waals surface area (Å²) in [4.78, 5) is 2.67. The Balaban J connectivity index is 2.46. The number of piperazine rings is 1. The third-order valence-electron chi connectivity index (χ3n) is 3.64. The van der Waals surface area contributed by atoms with Crippen LogP contribution in [0.1, 0.15) is 40.5 Å². The van der Waals surface area contributed by atoms with Crippen LogP contribution in [0.15, 0.2) is 0 Å². The van der Waals surface area contributed by atoms with E-state index in [1.165, 1.54) is 19.4 Å². The first-order valence-corrected chi connectivity index (χ1v) is 6.15. The first-order chi connectivity index (χ1) is 6.69. The average Bonchev–Trinajstić information content (AvgIpc) is 2.18. The van der Waals surface area contributed by atoms with Crippen molar-refractivity contribution in [3.63, 3.8) is 0 Å². The Labute approximate surface area is 89.1 Å². The van der Waals surface area contributed by atoms with Gasteiger partial charge < -0.3 is 5.32 Å². The molecule has 1 aliphatic rings. The normalized spacial score (nSPS) is 29.8. The lowest BCUT2D eigenvalue weighted by Crippen LogP contribution is -2.56. The summed E-state index contributed by atoms with van der Waals surface area (Å²) in [6, 6.07) is 1.42. The maximum absolute atomic E-state index is 3.48. The highest BCUT2D eigenvalue weighted by atomic mass is 15.2. The quantitative estimate of drug-likeness (QED) is 0.744. The smallest absolute Gasteiger partial charge is 0.0195 e. The van der Waals surface area contributed by atoms with E-state index in [1.54, 1.807) is 0 Å². The van der Waals surface area contributed by atoms with E-state index in [0.29, 0.717) is 12.1 Å². The van der Waals surface area contributed by atoms with Crippen molar-refractivity contribution < 1.29 is 0 Å². The van der Waals surface area contributed by atoms with Gasteiger partial charge in [-0.25, -0.2) is 0 Å². The second-order valence-corrected chi connectivity index (χ2v) is 4.74. The molecule has 2 atom stereocenters. The minimum atomic E-state index is 0.708. The highest BCUT2D eigenvalue weighted by Crippen LogP contribution is 2.16. The molecule has 14 heavy (non-hydrogen) atoms. The summed E-state index contributed by atoms with van der Waals surface area (Å²) in [6.45, 7) is 12.9. The fourth-order valence-electron chi connectivity index (χ4n) is 2.37. The molecule has 0 spiro atoms. The van der Waals surface area contributed by atoms with Gasteiger partial charge in [-0.2, -0.15) is 0 Å². The van der Waals surface area contributed by atoms with Gasteiger partial charge in [0.25, 0.3) is 0 Å². The van der Waals surface area contributed by atoms with E-state index < -0.39 is 0 Å². The van der Waals surface area contributed by atoms with E-state index in [4.69, 9.17) is 0 Å². The van der Waals surface area contributed by atoms with Crippen LogP contribution in [0, 0.1) is 5.92 Å². The molecule has 0 amide bonds. The molecule has 0 aromatic carbocycles. The molecule has 0 saturated carbocycles. The predicted octanol–water partition coefficient (Wildman–Crippen LogP) is 2.10. The third-order valence-corrected chi connectivity index (χ3v) is 3.64. The van der Waals surface area contributed by atoms with Crippen molar-refractivity contribution in [1.29, 1.82) is 0 Å². The maximum Gasteiger partial charge on any atom is 0.0195 e. The fourth-order valence-corrected chi connectivity index (χ4v) is 2.37. The van der Waals surface area contributed by atoms with E-state index in [9.17, 15) is 0 Å². The number of hydrogen-bond donors (Lipinski definition) is 1. The second-order valence-electron chi connectivity index (χ2n) is 4.74. The molecule has 2 unspecified atom stereocenters. The molecule has 1 fully saturated rings. The Bertz CT molecular complexity index is 144. The van der Waals surface area contributed by atoms with Gasteiger partial charge in [0, 0.05) is 31.7 Å². The number of hydrogen-bond acceptors (Lipinski definition) is 2. The Morgan fingerprint density at radius 2 is 1.64 bits per heavy atom. The molecular weight excluding hydrogens is 172 g/mol. The summed E-state index contributed by atoms with van der Waals surface area (Å²) < 4.78 is 0. The largest absolute Gasteiger partial charge is 0.314 e. The zero-order chi connectivity index (χ0) is 10.6. The van der Waals surface area contributed by atoms with Gasteiger partial charge in [-0.15, -0.1) is 0 Å². The van der Waals surface area contributed by atoms with Crippen LogP contribution < -0.4 is 5.32 Å². The van der Waals surface area contributed by atoms with E-state index >= 15 is 0 Å². The molecule has 1 rings (SSSR count). The van der Waals surface area contributed by atoms with Gasteiger partial charge in [0.1, 0.15) is 0 Å². The van der Waals surface area contributed by atoms with Crippen molar-refractivity contribution in [2.75, 3.05) is 19.6 Å². The van der Waals surface area contributed by atoms with Crippen molar-refractivity contribution in [3.8, 4) is 0 Å². The van der Waals surface area contributed by atoms with E-state index in [0.717, 1.165) is 19.0 Å². The van der Waals surface area contributed by atoms with Gasteiger partial charge in [0.2, 0.25) is 0 Å². The van der Waals surface area contributed by atoms with Gasteiger partial charge in [-0.1, -0.05) is 26.7 Å². The first-order valence-electron chi connectivity index (χ1n) is 6.15. The summed E-state index contributed by atoms with van der Waals surface area (Å²) >= 11 is 0. The first kappa shape index (κ1) is 12.0. The standard InChI is InChI=1S/C12H26N2/c1-5-12(6-2)9-14-10(3)7-13-8-11(14)4/h10-13H,5-9H2,1-4H3. The van der Waals surface area contributed by atoms with Crippen molar-refractivity contribution in [1.82, 2.24) is 10.2 Å². The van der Waals surface area contributed by atoms with Crippen molar-refractivity contribution >= 4 is 0 Å². The highest BCUT2D eigenvalue weighted by molar-refractivity contribution is 4.83. The number of rotatable bonds is 4. The molecular formula is C12H26N2. The van der Waals surface area contributed by atoms with Gasteiger partial charge >= 0.3 is 0 Å². The molecule has 0 aromatic heterocycles. The van der Waals surface area contributed by atoms with Crippen molar-refractivity contribution in [2.24, 2.45) is 5.92 Å². The second kappa shape index (κ2) is 5.72. The minimum absolute atomic E-state index is 0.708. The molecule has 2 nitrogen and oxygen atoms in total. The van der Waals surface area contributed by atoms with E-state index in [2.05, 4.69) is 37.9 Å². The molecule has 84 valence electrons. The maximum atomic E-state index is 3.48. The number of nitrogens with one attached hydrogen (secondary N) is 1. The molecule has 1 heterocycles. The van der Waals surface area contributed by atoms with Gasteiger partial charge in [-0.3, -0.25) is 4.90 Å². The third kappa shape index (κ3) is 2.96. The van der Waals surface area contributed by atoms with Gasteiger partial charge in [0.05, 0.1) is 0 Å². The summed E-state index contributed by atoms with van der Waals surface area (Å²) in [5.41, 5.74) is 0. The van der Waals surface area contributed by atoms with Crippen LogP contribution in [0.3, 0.4) is 0 Å². The van der Waals surface area contributed by atoms with Crippen LogP contribution in [-0.4, -0.2) is 36.6 Å². The number of nitrogens with zero attached hydrogens (tertiary/aromatic N) is 1. The monoisotopic (exact) mass is 198 g/mol. The fraction of sp³-hybridized carbons (Fsp3) is 1.00. The molecule has 1 aliphatic heterocycles. The Morgan fingerprint density at radius 3 is 2.07 bits per heavy atom. The Hall–Kier alpha value is -0.0800. The SMILES string of the molecule is CCC(CC)CN1C(C)CNCC1C. The predicted molar refractivity (Wildman–Crippen MR) is 62.6 cm³/mol. The van der Waals surface area contributed by atoms with Crippen LogP contribution in [-0.2, 0) is 0 Å². The minimum Gasteiger partial charge on any atom is -0.314 e. The molecule has 0 aromatic rings. The highest BCUT2D eigenvalue weighted by Gasteiger charge is 2.25. The molecule has 0 bridgehead atoms. The van der Waals surface area contributed by atoms with E-state index in [-0.39, 0.29) is 0 Å². The lowest BCUT2D eigenvalue weighted by atomic mass is 10.00. The summed E-state index contributed by atoms with van der Waals surface area (Å²) in [5, 5.41) is 3.48. The summed E-state index contributed by atoms with van der Waals surface area (Å²) in [5.74, 6) is 0.887.